The zero-order chi connectivity index (χ0) is 14.5. The number of ether oxygens (including phenoxy) is 1. The molecule has 0 fully saturated rings. The third-order valence-corrected chi connectivity index (χ3v) is 5.01. The van der Waals surface area contributed by atoms with Crippen molar-refractivity contribution in [1.29, 1.82) is 0 Å². The molecule has 0 heterocycles. The molecule has 1 unspecified atom stereocenters. The molecule has 108 valence electrons. The summed E-state index contributed by atoms with van der Waals surface area (Å²) in [7, 11) is -2.09. The first-order valence-corrected chi connectivity index (χ1v) is 8.52. The van der Waals surface area contributed by atoms with Crippen LogP contribution in [0.25, 0.3) is 0 Å². The zero-order valence-corrected chi connectivity index (χ0v) is 14.0. The summed E-state index contributed by atoms with van der Waals surface area (Å²) >= 11 is 9.22. The minimum atomic E-state index is -3.63. The van der Waals surface area contributed by atoms with Gasteiger partial charge in [0.1, 0.15) is 4.90 Å². The number of nitrogens with one attached hydrogen (secondary N) is 1. The van der Waals surface area contributed by atoms with Crippen LogP contribution in [0.5, 0.6) is 0 Å². The van der Waals surface area contributed by atoms with Gasteiger partial charge in [-0.05, 0) is 24.6 Å². The van der Waals surface area contributed by atoms with Crippen molar-refractivity contribution in [3.63, 3.8) is 0 Å². The van der Waals surface area contributed by atoms with E-state index in [9.17, 15) is 8.42 Å². The predicted octanol–water partition coefficient (Wildman–Crippen LogP) is 3.20. The van der Waals surface area contributed by atoms with Crippen LogP contribution in [0, 0.1) is 0 Å². The zero-order valence-electron chi connectivity index (χ0n) is 10.8. The van der Waals surface area contributed by atoms with Crippen molar-refractivity contribution < 1.29 is 13.2 Å². The van der Waals surface area contributed by atoms with Gasteiger partial charge in [0.25, 0.3) is 0 Å². The molecule has 0 amide bonds. The second-order valence-corrected chi connectivity index (χ2v) is 7.14. The minimum absolute atomic E-state index is 0.0783. The Bertz CT molecular complexity index is 516. The molecule has 0 aliphatic carbocycles. The van der Waals surface area contributed by atoms with Gasteiger partial charge in [0.2, 0.25) is 10.0 Å². The van der Waals surface area contributed by atoms with Crippen molar-refractivity contribution in [3.05, 3.63) is 27.7 Å². The molecule has 0 aliphatic rings. The molecule has 0 saturated heterocycles. The van der Waals surface area contributed by atoms with E-state index >= 15 is 0 Å². The Labute approximate surface area is 127 Å². The Morgan fingerprint density at radius 2 is 2.16 bits per heavy atom. The predicted molar refractivity (Wildman–Crippen MR) is 80.0 cm³/mol. The highest BCUT2D eigenvalue weighted by molar-refractivity contribution is 9.10. The third kappa shape index (κ3) is 5.04. The largest absolute Gasteiger partial charge is 0.383 e. The molecule has 19 heavy (non-hydrogen) atoms. The Morgan fingerprint density at radius 3 is 2.68 bits per heavy atom. The number of rotatable bonds is 7. The number of methoxy groups -OCH3 is 1. The van der Waals surface area contributed by atoms with Crippen molar-refractivity contribution in [3.8, 4) is 0 Å². The van der Waals surface area contributed by atoms with Crippen molar-refractivity contribution in [2.24, 2.45) is 0 Å². The first-order chi connectivity index (χ1) is 8.90. The van der Waals surface area contributed by atoms with Gasteiger partial charge in [0, 0.05) is 17.6 Å². The number of sulfonamides is 1. The average Bonchev–Trinajstić information content (AvgIpc) is 2.28. The van der Waals surface area contributed by atoms with Gasteiger partial charge in [0.05, 0.1) is 11.6 Å². The van der Waals surface area contributed by atoms with Gasteiger partial charge in [-0.25, -0.2) is 13.1 Å². The van der Waals surface area contributed by atoms with Crippen LogP contribution < -0.4 is 4.72 Å². The summed E-state index contributed by atoms with van der Waals surface area (Å²) in [5.41, 5.74) is 0. The van der Waals surface area contributed by atoms with Gasteiger partial charge in [-0.3, -0.25) is 0 Å². The summed E-state index contributed by atoms with van der Waals surface area (Å²) in [6.07, 6.45) is 1.58. The maximum Gasteiger partial charge on any atom is 0.242 e. The lowest BCUT2D eigenvalue weighted by atomic mass is 10.2. The molecule has 0 aliphatic heterocycles. The number of benzene rings is 1. The molecule has 0 spiro atoms. The van der Waals surface area contributed by atoms with E-state index in [1.807, 2.05) is 6.92 Å². The van der Waals surface area contributed by atoms with E-state index in [0.29, 0.717) is 13.0 Å². The molecular formula is C12H17BrClNO3S. The Kier molecular flexibility index (Phi) is 6.76. The van der Waals surface area contributed by atoms with Crippen molar-refractivity contribution in [2.75, 3.05) is 13.7 Å². The van der Waals surface area contributed by atoms with E-state index in [0.717, 1.165) is 10.9 Å². The van der Waals surface area contributed by atoms with E-state index in [2.05, 4.69) is 20.7 Å². The van der Waals surface area contributed by atoms with Crippen LogP contribution in [-0.4, -0.2) is 28.2 Å². The highest BCUT2D eigenvalue weighted by atomic mass is 79.9. The molecule has 1 aromatic carbocycles. The van der Waals surface area contributed by atoms with Gasteiger partial charge in [0.15, 0.2) is 0 Å². The van der Waals surface area contributed by atoms with E-state index < -0.39 is 10.0 Å². The molecule has 0 radical (unpaired) electrons. The number of halogens is 2. The molecule has 4 nitrogen and oxygen atoms in total. The summed E-state index contributed by atoms with van der Waals surface area (Å²) < 4.78 is 32.9. The van der Waals surface area contributed by atoms with Crippen LogP contribution in [-0.2, 0) is 14.8 Å². The molecule has 7 heteroatoms. The van der Waals surface area contributed by atoms with Crippen LogP contribution in [0.2, 0.25) is 5.02 Å². The molecule has 0 aromatic heterocycles. The minimum Gasteiger partial charge on any atom is -0.383 e. The molecule has 1 aromatic rings. The molecular weight excluding hydrogens is 354 g/mol. The van der Waals surface area contributed by atoms with Gasteiger partial charge in [-0.15, -0.1) is 0 Å². The first kappa shape index (κ1) is 16.9. The summed E-state index contributed by atoms with van der Waals surface area (Å²) in [6.45, 7) is 2.32. The normalized spacial score (nSPS) is 13.5. The fourth-order valence-electron chi connectivity index (χ4n) is 1.70. The van der Waals surface area contributed by atoms with E-state index in [1.54, 1.807) is 19.2 Å². The maximum atomic E-state index is 12.3. The topological polar surface area (TPSA) is 55.4 Å². The SMILES string of the molecule is CCCC(COC)NS(=O)(=O)c1ccc(Br)cc1Cl. The lowest BCUT2D eigenvalue weighted by molar-refractivity contribution is 0.171. The van der Waals surface area contributed by atoms with Gasteiger partial charge in [-0.2, -0.15) is 0 Å². The summed E-state index contributed by atoms with van der Waals surface area (Å²) in [5.74, 6) is 0. The Morgan fingerprint density at radius 1 is 1.47 bits per heavy atom. The number of hydrogen-bond acceptors (Lipinski definition) is 3. The van der Waals surface area contributed by atoms with E-state index in [-0.39, 0.29) is 16.0 Å². The lowest BCUT2D eigenvalue weighted by Gasteiger charge is -2.17. The third-order valence-electron chi connectivity index (χ3n) is 2.51. The fraction of sp³-hybridized carbons (Fsp3) is 0.500. The molecule has 1 N–H and O–H groups in total. The molecule has 0 bridgehead atoms. The fourth-order valence-corrected chi connectivity index (χ4v) is 3.99. The van der Waals surface area contributed by atoms with Crippen molar-refractivity contribution >= 4 is 37.6 Å². The Hall–Kier alpha value is -0.140. The Balaban J connectivity index is 2.96. The maximum absolute atomic E-state index is 12.3. The summed E-state index contributed by atoms with van der Waals surface area (Å²) in [6, 6.07) is 4.43. The molecule has 0 saturated carbocycles. The van der Waals surface area contributed by atoms with Crippen LogP contribution in [0.15, 0.2) is 27.6 Å². The van der Waals surface area contributed by atoms with Crippen LogP contribution in [0.3, 0.4) is 0 Å². The van der Waals surface area contributed by atoms with Crippen molar-refractivity contribution in [1.82, 2.24) is 4.72 Å². The highest BCUT2D eigenvalue weighted by Gasteiger charge is 2.22. The van der Waals surface area contributed by atoms with Gasteiger partial charge >= 0.3 is 0 Å². The van der Waals surface area contributed by atoms with Crippen LogP contribution >= 0.6 is 27.5 Å². The van der Waals surface area contributed by atoms with Crippen LogP contribution in [0.1, 0.15) is 19.8 Å². The second kappa shape index (κ2) is 7.59. The summed E-state index contributed by atoms with van der Waals surface area (Å²) in [4.78, 5) is 0.0783. The highest BCUT2D eigenvalue weighted by Crippen LogP contribution is 2.25. The lowest BCUT2D eigenvalue weighted by Crippen LogP contribution is -2.38. The smallest absolute Gasteiger partial charge is 0.242 e. The summed E-state index contributed by atoms with van der Waals surface area (Å²) in [5, 5.41) is 0.189. The first-order valence-electron chi connectivity index (χ1n) is 5.87. The standard InChI is InChI=1S/C12H17BrClNO3S/c1-3-4-10(8-18-2)15-19(16,17)12-6-5-9(13)7-11(12)14/h5-7,10,15H,3-4,8H2,1-2H3. The van der Waals surface area contributed by atoms with E-state index in [1.165, 1.54) is 6.07 Å². The van der Waals surface area contributed by atoms with Gasteiger partial charge < -0.3 is 4.74 Å². The van der Waals surface area contributed by atoms with Crippen LogP contribution in [0.4, 0.5) is 0 Å². The monoisotopic (exact) mass is 369 g/mol. The van der Waals surface area contributed by atoms with Gasteiger partial charge in [-0.1, -0.05) is 40.9 Å². The number of hydrogen-bond donors (Lipinski definition) is 1. The second-order valence-electron chi connectivity index (χ2n) is 4.14. The average molecular weight is 371 g/mol. The van der Waals surface area contributed by atoms with E-state index in [4.69, 9.17) is 16.3 Å². The molecule has 1 atom stereocenters. The quantitative estimate of drug-likeness (QED) is 0.802. The van der Waals surface area contributed by atoms with Crippen molar-refractivity contribution in [2.45, 2.75) is 30.7 Å². The molecule has 1 rings (SSSR count).